The largest absolute Gasteiger partial charge is 0.439 e. The number of ether oxygens (including phenoxy) is 1. The van der Waals surface area contributed by atoms with Crippen molar-refractivity contribution in [1.29, 1.82) is 0 Å². The predicted molar refractivity (Wildman–Crippen MR) is 89.9 cm³/mol. The Morgan fingerprint density at radius 3 is 2.76 bits per heavy atom. The number of hydrogen-bond acceptors (Lipinski definition) is 3. The molecule has 0 aliphatic heterocycles. The van der Waals surface area contributed by atoms with Crippen molar-refractivity contribution in [1.82, 2.24) is 10.3 Å². The van der Waals surface area contributed by atoms with Crippen LogP contribution in [-0.2, 0) is 6.54 Å². The van der Waals surface area contributed by atoms with E-state index in [-0.39, 0.29) is 0 Å². The molecule has 0 radical (unpaired) electrons. The third-order valence-corrected chi connectivity index (χ3v) is 3.60. The lowest BCUT2D eigenvalue weighted by atomic mass is 10.2. The summed E-state index contributed by atoms with van der Waals surface area (Å²) < 4.78 is 6.95. The molecule has 112 valence electrons. The van der Waals surface area contributed by atoms with Gasteiger partial charge in [0.05, 0.1) is 0 Å². The van der Waals surface area contributed by atoms with Crippen molar-refractivity contribution in [3.05, 3.63) is 51.6 Å². The lowest BCUT2D eigenvalue weighted by Gasteiger charge is -2.11. The Balaban J connectivity index is 2.17. The molecule has 0 aliphatic carbocycles. The lowest BCUT2D eigenvalue weighted by Crippen LogP contribution is -2.14. The topological polar surface area (TPSA) is 34.2 Å². The fourth-order valence-corrected chi connectivity index (χ4v) is 2.41. The van der Waals surface area contributed by atoms with Gasteiger partial charge >= 0.3 is 0 Å². The fourth-order valence-electron chi connectivity index (χ4n) is 2.07. The van der Waals surface area contributed by atoms with E-state index in [9.17, 15) is 0 Å². The minimum absolute atomic E-state index is 0.643. The molecule has 0 spiro atoms. The van der Waals surface area contributed by atoms with E-state index in [0.717, 1.165) is 41.0 Å². The molecule has 0 saturated carbocycles. The van der Waals surface area contributed by atoms with Crippen molar-refractivity contribution in [3.63, 3.8) is 0 Å². The molecule has 0 unspecified atom stereocenters. The second-order valence-corrected chi connectivity index (χ2v) is 6.06. The standard InChI is InChI=1S/C17H21BrN2O/c1-4-7-19-11-14-8-13(3)20-17(9-14)21-16-10-15(18)6-5-12(16)2/h5-6,8-10,19H,4,7,11H2,1-3H3. The molecule has 0 fully saturated rings. The molecular formula is C17H21BrN2O. The van der Waals surface area contributed by atoms with Crippen molar-refractivity contribution in [3.8, 4) is 11.6 Å². The third-order valence-electron chi connectivity index (χ3n) is 3.11. The van der Waals surface area contributed by atoms with Gasteiger partial charge in [-0.25, -0.2) is 4.98 Å². The summed E-state index contributed by atoms with van der Waals surface area (Å²) in [6, 6.07) is 10.1. The Morgan fingerprint density at radius 2 is 2.00 bits per heavy atom. The van der Waals surface area contributed by atoms with Gasteiger partial charge in [0.1, 0.15) is 5.75 Å². The van der Waals surface area contributed by atoms with E-state index in [0.29, 0.717) is 5.88 Å². The maximum atomic E-state index is 5.95. The maximum absolute atomic E-state index is 5.95. The van der Waals surface area contributed by atoms with Gasteiger partial charge in [-0.15, -0.1) is 0 Å². The number of hydrogen-bond donors (Lipinski definition) is 1. The van der Waals surface area contributed by atoms with Gasteiger partial charge in [-0.3, -0.25) is 0 Å². The second kappa shape index (κ2) is 7.57. The summed E-state index contributed by atoms with van der Waals surface area (Å²) in [4.78, 5) is 4.46. The molecule has 4 heteroatoms. The van der Waals surface area contributed by atoms with Crippen molar-refractivity contribution in [2.45, 2.75) is 33.7 Å². The van der Waals surface area contributed by atoms with E-state index in [1.54, 1.807) is 0 Å². The van der Waals surface area contributed by atoms with E-state index in [1.807, 2.05) is 38.1 Å². The molecule has 1 N–H and O–H groups in total. The van der Waals surface area contributed by atoms with E-state index < -0.39 is 0 Å². The van der Waals surface area contributed by atoms with Crippen LogP contribution in [0.25, 0.3) is 0 Å². The predicted octanol–water partition coefficient (Wildman–Crippen LogP) is 4.75. The van der Waals surface area contributed by atoms with Crippen LogP contribution in [0.5, 0.6) is 11.6 Å². The molecule has 1 aromatic carbocycles. The van der Waals surface area contributed by atoms with Gasteiger partial charge in [-0.1, -0.05) is 28.9 Å². The zero-order valence-corrected chi connectivity index (χ0v) is 14.3. The van der Waals surface area contributed by atoms with Crippen molar-refractivity contribution >= 4 is 15.9 Å². The van der Waals surface area contributed by atoms with Crippen LogP contribution in [0.2, 0.25) is 0 Å². The highest BCUT2D eigenvalue weighted by atomic mass is 79.9. The Labute approximate surface area is 134 Å². The average Bonchev–Trinajstić information content (AvgIpc) is 2.43. The van der Waals surface area contributed by atoms with E-state index in [4.69, 9.17) is 4.74 Å². The smallest absolute Gasteiger partial charge is 0.219 e. The van der Waals surface area contributed by atoms with Gasteiger partial charge in [0.25, 0.3) is 0 Å². The molecule has 0 aliphatic rings. The average molecular weight is 349 g/mol. The van der Waals surface area contributed by atoms with Gasteiger partial charge < -0.3 is 10.1 Å². The number of pyridine rings is 1. The van der Waals surface area contributed by atoms with Crippen molar-refractivity contribution < 1.29 is 4.74 Å². The van der Waals surface area contributed by atoms with Crippen molar-refractivity contribution in [2.24, 2.45) is 0 Å². The summed E-state index contributed by atoms with van der Waals surface area (Å²) in [5.41, 5.74) is 3.25. The minimum Gasteiger partial charge on any atom is -0.439 e. The molecule has 1 heterocycles. The van der Waals surface area contributed by atoms with Gasteiger partial charge in [0.2, 0.25) is 5.88 Å². The molecule has 0 atom stereocenters. The number of halogens is 1. The number of aromatic nitrogens is 1. The first-order valence-corrected chi connectivity index (χ1v) is 8.00. The molecule has 2 rings (SSSR count). The molecule has 21 heavy (non-hydrogen) atoms. The number of aryl methyl sites for hydroxylation is 2. The summed E-state index contributed by atoms with van der Waals surface area (Å²) in [5, 5.41) is 3.40. The number of benzene rings is 1. The van der Waals surface area contributed by atoms with Gasteiger partial charge in [-0.2, -0.15) is 0 Å². The van der Waals surface area contributed by atoms with Gasteiger partial charge in [-0.05, 0) is 56.1 Å². The van der Waals surface area contributed by atoms with Crippen LogP contribution in [0.3, 0.4) is 0 Å². The highest BCUT2D eigenvalue weighted by Gasteiger charge is 2.06. The molecular weight excluding hydrogens is 328 g/mol. The first-order valence-electron chi connectivity index (χ1n) is 7.20. The molecule has 3 nitrogen and oxygen atoms in total. The Kier molecular flexibility index (Phi) is 5.76. The molecule has 0 amide bonds. The van der Waals surface area contributed by atoms with Crippen LogP contribution >= 0.6 is 15.9 Å². The van der Waals surface area contributed by atoms with E-state index in [2.05, 4.69) is 39.2 Å². The summed E-state index contributed by atoms with van der Waals surface area (Å²) in [7, 11) is 0. The quantitative estimate of drug-likeness (QED) is 0.764. The number of nitrogens with zero attached hydrogens (tertiary/aromatic N) is 1. The van der Waals surface area contributed by atoms with Crippen LogP contribution < -0.4 is 10.1 Å². The van der Waals surface area contributed by atoms with Crippen LogP contribution in [-0.4, -0.2) is 11.5 Å². The summed E-state index contributed by atoms with van der Waals surface area (Å²) >= 11 is 3.47. The zero-order valence-electron chi connectivity index (χ0n) is 12.7. The Bertz CT molecular complexity index is 614. The lowest BCUT2D eigenvalue weighted by molar-refractivity contribution is 0.456. The van der Waals surface area contributed by atoms with Gasteiger partial charge in [0.15, 0.2) is 0 Å². The summed E-state index contributed by atoms with van der Waals surface area (Å²) in [6.07, 6.45) is 1.13. The van der Waals surface area contributed by atoms with Crippen LogP contribution in [0.4, 0.5) is 0 Å². The molecule has 2 aromatic rings. The zero-order chi connectivity index (χ0) is 15.2. The first-order chi connectivity index (χ1) is 10.1. The van der Waals surface area contributed by atoms with E-state index in [1.165, 1.54) is 5.56 Å². The summed E-state index contributed by atoms with van der Waals surface area (Å²) in [6.45, 7) is 8.04. The highest BCUT2D eigenvalue weighted by molar-refractivity contribution is 9.10. The SMILES string of the molecule is CCCNCc1cc(C)nc(Oc2cc(Br)ccc2C)c1. The Morgan fingerprint density at radius 1 is 1.19 bits per heavy atom. The minimum atomic E-state index is 0.643. The second-order valence-electron chi connectivity index (χ2n) is 5.14. The first kappa shape index (κ1) is 16.0. The molecule has 0 saturated heterocycles. The third kappa shape index (κ3) is 4.83. The van der Waals surface area contributed by atoms with Crippen LogP contribution in [0.1, 0.15) is 30.2 Å². The number of rotatable bonds is 6. The van der Waals surface area contributed by atoms with E-state index >= 15 is 0 Å². The molecule has 0 bridgehead atoms. The monoisotopic (exact) mass is 348 g/mol. The normalized spacial score (nSPS) is 10.7. The van der Waals surface area contributed by atoms with Crippen LogP contribution in [0.15, 0.2) is 34.8 Å². The number of nitrogens with one attached hydrogen (secondary N) is 1. The fraction of sp³-hybridized carbons (Fsp3) is 0.353. The van der Waals surface area contributed by atoms with Gasteiger partial charge in [0, 0.05) is 22.8 Å². The summed E-state index contributed by atoms with van der Waals surface area (Å²) in [5.74, 6) is 1.47. The van der Waals surface area contributed by atoms with Crippen molar-refractivity contribution in [2.75, 3.05) is 6.54 Å². The molecule has 1 aromatic heterocycles. The van der Waals surface area contributed by atoms with Crippen LogP contribution in [0, 0.1) is 13.8 Å². The Hall–Kier alpha value is -1.39. The maximum Gasteiger partial charge on any atom is 0.219 e. The highest BCUT2D eigenvalue weighted by Crippen LogP contribution is 2.27.